The lowest BCUT2D eigenvalue weighted by atomic mass is 10.1. The molecule has 1 atom stereocenters. The highest BCUT2D eigenvalue weighted by Crippen LogP contribution is 2.38. The summed E-state index contributed by atoms with van der Waals surface area (Å²) in [6.07, 6.45) is -0.0123. The Morgan fingerprint density at radius 1 is 1.15 bits per heavy atom. The number of methoxy groups -OCH3 is 1. The number of rotatable bonds is 6. The van der Waals surface area contributed by atoms with Crippen LogP contribution in [0, 0.1) is 20.8 Å². The van der Waals surface area contributed by atoms with Crippen molar-refractivity contribution in [2.45, 2.75) is 37.5 Å². The van der Waals surface area contributed by atoms with Gasteiger partial charge in [-0.15, -0.1) is 11.3 Å². The molecule has 0 radical (unpaired) electrons. The van der Waals surface area contributed by atoms with Gasteiger partial charge in [-0.1, -0.05) is 42.1 Å². The fraction of sp³-hybridized carbons (Fsp3) is 0.300. The van der Waals surface area contributed by atoms with E-state index in [0.29, 0.717) is 11.4 Å². The average Bonchev–Trinajstić information content (AvgIpc) is 2.94. The molecule has 0 amide bonds. The van der Waals surface area contributed by atoms with E-state index in [1.807, 2.05) is 39.0 Å². The smallest absolute Gasteiger partial charge is 0.307 e. The highest BCUT2D eigenvalue weighted by atomic mass is 32.2. The number of benzene rings is 1. The molecule has 7 heteroatoms. The van der Waals surface area contributed by atoms with Crippen LogP contribution in [0.2, 0.25) is 0 Å². The molecule has 1 unspecified atom stereocenters. The fourth-order valence-corrected chi connectivity index (χ4v) is 5.17. The van der Waals surface area contributed by atoms with Crippen LogP contribution in [0.25, 0.3) is 10.2 Å². The summed E-state index contributed by atoms with van der Waals surface area (Å²) < 4.78 is 4.81. The molecule has 5 nitrogen and oxygen atoms in total. The molecule has 0 saturated carbocycles. The van der Waals surface area contributed by atoms with Crippen molar-refractivity contribution in [2.75, 3.05) is 7.11 Å². The lowest BCUT2D eigenvalue weighted by molar-refractivity contribution is -0.140. The maximum Gasteiger partial charge on any atom is 0.307 e. The molecule has 27 heavy (non-hydrogen) atoms. The Hall–Kier alpha value is -2.25. The van der Waals surface area contributed by atoms with Crippen molar-refractivity contribution in [3.8, 4) is 0 Å². The summed E-state index contributed by atoms with van der Waals surface area (Å²) in [5.74, 6) is 0.118. The quantitative estimate of drug-likeness (QED) is 0.262. The molecule has 3 rings (SSSR count). The molecule has 2 aromatic heterocycles. The number of carbonyl (C=O) groups excluding carboxylic acids is 2. The van der Waals surface area contributed by atoms with Crippen LogP contribution in [-0.2, 0) is 9.53 Å². The lowest BCUT2D eigenvalue weighted by Crippen LogP contribution is -2.22. The van der Waals surface area contributed by atoms with Crippen molar-refractivity contribution in [3.05, 3.63) is 52.2 Å². The summed E-state index contributed by atoms with van der Waals surface area (Å²) in [7, 11) is 1.33. The molecule has 0 aliphatic carbocycles. The van der Waals surface area contributed by atoms with Crippen molar-refractivity contribution in [3.63, 3.8) is 0 Å². The van der Waals surface area contributed by atoms with E-state index in [2.05, 4.69) is 9.97 Å². The first-order chi connectivity index (χ1) is 12.9. The zero-order chi connectivity index (χ0) is 19.6. The second-order valence-corrected chi connectivity index (χ2v) is 8.55. The second kappa shape index (κ2) is 8.19. The van der Waals surface area contributed by atoms with Crippen LogP contribution in [0.15, 0.2) is 35.4 Å². The molecule has 0 aliphatic heterocycles. The number of ketones is 1. The van der Waals surface area contributed by atoms with Gasteiger partial charge < -0.3 is 4.74 Å². The molecule has 0 N–H and O–H groups in total. The number of ether oxygens (including phenoxy) is 1. The first-order valence-electron chi connectivity index (χ1n) is 8.47. The first kappa shape index (κ1) is 19.5. The summed E-state index contributed by atoms with van der Waals surface area (Å²) in [6, 6.07) is 9.00. The number of thioether (sulfide) groups is 1. The van der Waals surface area contributed by atoms with Crippen LogP contribution in [0.5, 0.6) is 0 Å². The van der Waals surface area contributed by atoms with E-state index in [9.17, 15) is 9.59 Å². The van der Waals surface area contributed by atoms with Crippen molar-refractivity contribution < 1.29 is 14.3 Å². The maximum atomic E-state index is 13.0. The van der Waals surface area contributed by atoms with E-state index in [-0.39, 0.29) is 12.2 Å². The normalized spacial score (nSPS) is 12.1. The summed E-state index contributed by atoms with van der Waals surface area (Å²) in [5.41, 5.74) is 1.68. The molecule has 0 fully saturated rings. The average molecular weight is 401 g/mol. The van der Waals surface area contributed by atoms with Crippen molar-refractivity contribution in [1.82, 2.24) is 9.97 Å². The number of fused-ring (bicyclic) bond motifs is 1. The Labute approximate surface area is 166 Å². The summed E-state index contributed by atoms with van der Waals surface area (Å²) in [6.45, 7) is 5.92. The molecular formula is C20H20N2O3S2. The SMILES string of the molecule is COC(=O)CC(Sc1nc(C)nc2sc(C)c(C)c12)C(=O)c1ccccc1. The topological polar surface area (TPSA) is 69.2 Å². The Bertz CT molecular complexity index is 999. The van der Waals surface area contributed by atoms with Crippen LogP contribution in [0.3, 0.4) is 0 Å². The molecule has 0 saturated heterocycles. The zero-order valence-corrected chi connectivity index (χ0v) is 17.2. The zero-order valence-electron chi connectivity index (χ0n) is 15.6. The van der Waals surface area contributed by atoms with Gasteiger partial charge in [0.2, 0.25) is 0 Å². The Morgan fingerprint density at radius 3 is 2.52 bits per heavy atom. The number of thiophene rings is 1. The largest absolute Gasteiger partial charge is 0.469 e. The highest BCUT2D eigenvalue weighted by molar-refractivity contribution is 8.00. The summed E-state index contributed by atoms with van der Waals surface area (Å²) in [5, 5.41) is 1.08. The van der Waals surface area contributed by atoms with Gasteiger partial charge in [0.15, 0.2) is 5.78 Å². The van der Waals surface area contributed by atoms with Gasteiger partial charge in [0.1, 0.15) is 15.7 Å². The third-order valence-corrected chi connectivity index (χ3v) is 6.58. The second-order valence-electron chi connectivity index (χ2n) is 6.16. The molecule has 140 valence electrons. The number of esters is 1. The first-order valence-corrected chi connectivity index (χ1v) is 10.2. The Morgan fingerprint density at radius 2 is 1.85 bits per heavy atom. The Balaban J connectivity index is 2.03. The fourth-order valence-electron chi connectivity index (χ4n) is 2.75. The number of hydrogen-bond donors (Lipinski definition) is 0. The maximum absolute atomic E-state index is 13.0. The third-order valence-electron chi connectivity index (χ3n) is 4.29. The van der Waals surface area contributed by atoms with E-state index in [0.717, 1.165) is 20.8 Å². The molecule has 1 aromatic carbocycles. The standard InChI is InChI=1S/C20H20N2O3S2/c1-11-12(2)26-19-17(11)20(22-13(3)21-19)27-15(10-16(23)25-4)18(24)14-8-6-5-7-9-14/h5-9,15H,10H2,1-4H3. The van der Waals surface area contributed by atoms with Crippen molar-refractivity contribution in [1.29, 1.82) is 0 Å². The number of nitrogens with zero attached hydrogens (tertiary/aromatic N) is 2. The van der Waals surface area contributed by atoms with E-state index in [1.54, 1.807) is 23.5 Å². The van der Waals surface area contributed by atoms with Crippen LogP contribution in [-0.4, -0.2) is 34.1 Å². The minimum atomic E-state index is -0.614. The third kappa shape index (κ3) is 4.20. The molecule has 3 aromatic rings. The van der Waals surface area contributed by atoms with Crippen molar-refractivity contribution >= 4 is 45.1 Å². The van der Waals surface area contributed by atoms with E-state index in [4.69, 9.17) is 4.74 Å². The van der Waals surface area contributed by atoms with Gasteiger partial charge in [-0.3, -0.25) is 9.59 Å². The molecule has 0 spiro atoms. The number of Topliss-reactive ketones (excluding diaryl/α,β-unsaturated/α-hetero) is 1. The monoisotopic (exact) mass is 400 g/mol. The molecule has 2 heterocycles. The van der Waals surface area contributed by atoms with Gasteiger partial charge in [0.25, 0.3) is 0 Å². The van der Waals surface area contributed by atoms with Gasteiger partial charge in [-0.25, -0.2) is 9.97 Å². The van der Waals surface area contributed by atoms with Gasteiger partial charge in [0, 0.05) is 15.8 Å². The van der Waals surface area contributed by atoms with Crippen LogP contribution in [0.1, 0.15) is 33.0 Å². The van der Waals surface area contributed by atoms with E-state index in [1.165, 1.54) is 23.7 Å². The molecule has 0 aliphatic rings. The number of carbonyl (C=O) groups is 2. The van der Waals surface area contributed by atoms with Gasteiger partial charge in [-0.2, -0.15) is 0 Å². The minimum Gasteiger partial charge on any atom is -0.469 e. The summed E-state index contributed by atoms with van der Waals surface area (Å²) in [4.78, 5) is 36.2. The van der Waals surface area contributed by atoms with Crippen LogP contribution in [0.4, 0.5) is 0 Å². The highest BCUT2D eigenvalue weighted by Gasteiger charge is 2.27. The number of hydrogen-bond acceptors (Lipinski definition) is 7. The van der Waals surface area contributed by atoms with Crippen molar-refractivity contribution in [2.24, 2.45) is 0 Å². The minimum absolute atomic E-state index is 0.0123. The predicted octanol–water partition coefficient (Wildman–Crippen LogP) is 4.52. The van der Waals surface area contributed by atoms with Gasteiger partial charge >= 0.3 is 5.97 Å². The number of aryl methyl sites for hydroxylation is 3. The van der Waals surface area contributed by atoms with Gasteiger partial charge in [-0.05, 0) is 26.3 Å². The molecular weight excluding hydrogens is 380 g/mol. The lowest BCUT2D eigenvalue weighted by Gasteiger charge is -2.15. The Kier molecular flexibility index (Phi) is 5.92. The molecule has 0 bridgehead atoms. The number of aromatic nitrogens is 2. The van der Waals surface area contributed by atoms with Gasteiger partial charge in [0.05, 0.1) is 18.8 Å². The van der Waals surface area contributed by atoms with E-state index < -0.39 is 11.2 Å². The van der Waals surface area contributed by atoms with Crippen LogP contribution >= 0.6 is 23.1 Å². The summed E-state index contributed by atoms with van der Waals surface area (Å²) >= 11 is 2.93. The van der Waals surface area contributed by atoms with E-state index >= 15 is 0 Å². The van der Waals surface area contributed by atoms with Crippen LogP contribution < -0.4 is 0 Å². The predicted molar refractivity (Wildman–Crippen MR) is 109 cm³/mol.